The van der Waals surface area contributed by atoms with Crippen LogP contribution in [0.3, 0.4) is 0 Å². The summed E-state index contributed by atoms with van der Waals surface area (Å²) in [5, 5.41) is 25.6. The molecular formula is C23H28BrN3O5. The Hall–Kier alpha value is -2.94. The van der Waals surface area contributed by atoms with E-state index < -0.39 is 10.8 Å². The summed E-state index contributed by atoms with van der Waals surface area (Å²) in [5.74, 6) is 0.0866. The van der Waals surface area contributed by atoms with Gasteiger partial charge in [-0.15, -0.1) is 0 Å². The topological polar surface area (TPSA) is 114 Å². The van der Waals surface area contributed by atoms with Crippen molar-refractivity contribution in [2.24, 2.45) is 5.10 Å². The number of amides is 1. The van der Waals surface area contributed by atoms with Crippen LogP contribution in [0.4, 0.5) is 5.69 Å². The third-order valence-electron chi connectivity index (χ3n) is 4.64. The van der Waals surface area contributed by atoms with Crippen molar-refractivity contribution in [1.82, 2.24) is 5.43 Å². The van der Waals surface area contributed by atoms with Gasteiger partial charge in [-0.25, -0.2) is 5.43 Å². The normalized spacial score (nSPS) is 12.1. The molecule has 2 N–H and O–H groups in total. The maximum absolute atomic E-state index is 12.1. The van der Waals surface area contributed by atoms with E-state index in [1.165, 1.54) is 24.4 Å². The molecule has 0 saturated carbocycles. The van der Waals surface area contributed by atoms with Crippen LogP contribution in [-0.4, -0.2) is 28.8 Å². The molecule has 0 fully saturated rings. The second-order valence-corrected chi connectivity index (χ2v) is 10.3. The zero-order chi connectivity index (χ0) is 24.3. The molecule has 0 spiro atoms. The van der Waals surface area contributed by atoms with Crippen LogP contribution in [-0.2, 0) is 15.6 Å². The number of halogens is 1. The summed E-state index contributed by atoms with van der Waals surface area (Å²) >= 11 is 3.19. The van der Waals surface area contributed by atoms with Gasteiger partial charge in [0.1, 0.15) is 11.5 Å². The van der Waals surface area contributed by atoms with Crippen molar-refractivity contribution in [3.05, 3.63) is 61.6 Å². The van der Waals surface area contributed by atoms with E-state index >= 15 is 0 Å². The number of hydrogen-bond acceptors (Lipinski definition) is 6. The van der Waals surface area contributed by atoms with Crippen LogP contribution < -0.4 is 10.2 Å². The molecule has 32 heavy (non-hydrogen) atoms. The Kier molecular flexibility index (Phi) is 7.66. The van der Waals surface area contributed by atoms with Crippen molar-refractivity contribution >= 4 is 33.7 Å². The second kappa shape index (κ2) is 9.68. The molecule has 0 atom stereocenters. The van der Waals surface area contributed by atoms with Gasteiger partial charge in [-0.2, -0.15) is 5.10 Å². The van der Waals surface area contributed by atoms with Gasteiger partial charge in [-0.3, -0.25) is 14.9 Å². The summed E-state index contributed by atoms with van der Waals surface area (Å²) in [6, 6.07) is 7.71. The van der Waals surface area contributed by atoms with Crippen LogP contribution in [0, 0.1) is 10.1 Å². The summed E-state index contributed by atoms with van der Waals surface area (Å²) in [7, 11) is 0. The first-order chi connectivity index (χ1) is 14.7. The summed E-state index contributed by atoms with van der Waals surface area (Å²) < 4.78 is 5.76. The monoisotopic (exact) mass is 505 g/mol. The molecule has 0 aliphatic rings. The number of aromatic hydroxyl groups is 1. The Balaban J connectivity index is 2.10. The molecule has 0 unspecified atom stereocenters. The van der Waals surface area contributed by atoms with E-state index in [0.717, 1.165) is 16.7 Å². The largest absolute Gasteiger partial charge is 0.507 e. The summed E-state index contributed by atoms with van der Waals surface area (Å²) in [4.78, 5) is 22.4. The van der Waals surface area contributed by atoms with Gasteiger partial charge in [0.25, 0.3) is 11.6 Å². The average Bonchev–Trinajstić information content (AvgIpc) is 2.66. The molecule has 0 radical (unpaired) electrons. The number of nitrogens with zero attached hydrogens (tertiary/aromatic N) is 2. The van der Waals surface area contributed by atoms with Gasteiger partial charge in [0.05, 0.1) is 15.6 Å². The van der Waals surface area contributed by atoms with E-state index in [1.54, 1.807) is 0 Å². The van der Waals surface area contributed by atoms with Crippen LogP contribution >= 0.6 is 15.9 Å². The lowest BCUT2D eigenvalue weighted by atomic mass is 9.78. The van der Waals surface area contributed by atoms with Gasteiger partial charge in [0.2, 0.25) is 0 Å². The van der Waals surface area contributed by atoms with Crippen molar-refractivity contribution in [1.29, 1.82) is 0 Å². The number of nitrogens with one attached hydrogen (secondary N) is 1. The van der Waals surface area contributed by atoms with Gasteiger partial charge in [-0.1, -0.05) is 41.5 Å². The number of ether oxygens (including phenoxy) is 1. The quantitative estimate of drug-likeness (QED) is 0.318. The fraction of sp³-hybridized carbons (Fsp3) is 0.391. The number of phenolic OH excluding ortho intramolecular Hbond substituents is 1. The molecule has 2 aromatic rings. The van der Waals surface area contributed by atoms with Crippen molar-refractivity contribution in [2.45, 2.75) is 52.4 Å². The highest BCUT2D eigenvalue weighted by Crippen LogP contribution is 2.39. The van der Waals surface area contributed by atoms with Crippen molar-refractivity contribution < 1.29 is 19.6 Å². The highest BCUT2D eigenvalue weighted by molar-refractivity contribution is 9.10. The molecule has 0 bridgehead atoms. The predicted molar refractivity (Wildman–Crippen MR) is 128 cm³/mol. The van der Waals surface area contributed by atoms with Crippen molar-refractivity contribution in [3.63, 3.8) is 0 Å². The smallest absolute Gasteiger partial charge is 0.277 e. The Labute approximate surface area is 196 Å². The molecule has 0 aliphatic heterocycles. The van der Waals surface area contributed by atoms with Gasteiger partial charge in [-0.05, 0) is 50.5 Å². The fourth-order valence-electron chi connectivity index (χ4n) is 2.95. The molecule has 2 aromatic carbocycles. The molecule has 0 saturated heterocycles. The summed E-state index contributed by atoms with van der Waals surface area (Å²) in [5.41, 5.74) is 4.10. The minimum absolute atomic E-state index is 0.0866. The van der Waals surface area contributed by atoms with Crippen molar-refractivity contribution in [3.8, 4) is 11.5 Å². The molecule has 2 rings (SSSR count). The van der Waals surface area contributed by atoms with E-state index in [2.05, 4.69) is 26.5 Å². The fourth-order valence-corrected chi connectivity index (χ4v) is 3.43. The number of rotatable bonds is 6. The molecule has 9 heteroatoms. The molecule has 0 heterocycles. The number of carbonyl (C=O) groups is 1. The van der Waals surface area contributed by atoms with E-state index in [0.29, 0.717) is 10.2 Å². The molecule has 172 valence electrons. The number of carbonyl (C=O) groups excluding carboxylic acids is 1. The Morgan fingerprint density at radius 3 is 2.19 bits per heavy atom. The van der Waals surface area contributed by atoms with Crippen LogP contribution in [0.2, 0.25) is 0 Å². The van der Waals surface area contributed by atoms with Crippen molar-refractivity contribution in [2.75, 3.05) is 6.61 Å². The van der Waals surface area contributed by atoms with E-state index in [4.69, 9.17) is 4.74 Å². The first kappa shape index (κ1) is 25.3. The Morgan fingerprint density at radius 1 is 1.16 bits per heavy atom. The molecule has 8 nitrogen and oxygen atoms in total. The third kappa shape index (κ3) is 6.53. The minimum Gasteiger partial charge on any atom is -0.507 e. The highest BCUT2D eigenvalue weighted by Gasteiger charge is 2.26. The lowest BCUT2D eigenvalue weighted by molar-refractivity contribution is -0.384. The SMILES string of the molecule is CC(C)(C)c1cc(/C=N/NC(=O)COc2ccc([N+](=O)[O-])cc2Br)cc(C(C)(C)C)c1O. The average molecular weight is 506 g/mol. The van der Waals surface area contributed by atoms with Gasteiger partial charge in [0, 0.05) is 23.3 Å². The number of phenols is 1. The van der Waals surface area contributed by atoms with Crippen LogP contribution in [0.1, 0.15) is 58.2 Å². The van der Waals surface area contributed by atoms with Gasteiger partial charge in [0.15, 0.2) is 6.61 Å². The minimum atomic E-state index is -0.518. The zero-order valence-electron chi connectivity index (χ0n) is 19.0. The maximum atomic E-state index is 12.1. The van der Waals surface area contributed by atoms with Crippen LogP contribution in [0.25, 0.3) is 0 Å². The first-order valence-electron chi connectivity index (χ1n) is 9.97. The molecule has 1 amide bonds. The number of nitro benzene ring substituents is 1. The molecular weight excluding hydrogens is 478 g/mol. The Morgan fingerprint density at radius 2 is 1.72 bits per heavy atom. The predicted octanol–water partition coefficient (Wildman–Crippen LogP) is 5.19. The highest BCUT2D eigenvalue weighted by atomic mass is 79.9. The number of hydrazone groups is 1. The van der Waals surface area contributed by atoms with E-state index in [1.807, 2.05) is 53.7 Å². The number of benzene rings is 2. The maximum Gasteiger partial charge on any atom is 0.277 e. The molecule has 0 aromatic heterocycles. The van der Waals surface area contributed by atoms with E-state index in [9.17, 15) is 20.0 Å². The zero-order valence-corrected chi connectivity index (χ0v) is 20.6. The number of hydrogen-bond donors (Lipinski definition) is 2. The number of non-ortho nitro benzene ring substituents is 1. The third-order valence-corrected chi connectivity index (χ3v) is 5.26. The van der Waals surface area contributed by atoms with Gasteiger partial charge >= 0.3 is 0 Å². The van der Waals surface area contributed by atoms with E-state index in [-0.39, 0.29) is 28.9 Å². The summed E-state index contributed by atoms with van der Waals surface area (Å²) in [6.07, 6.45) is 1.52. The summed E-state index contributed by atoms with van der Waals surface area (Å²) in [6.45, 7) is 11.8. The van der Waals surface area contributed by atoms with Crippen LogP contribution in [0.5, 0.6) is 11.5 Å². The molecule has 0 aliphatic carbocycles. The lowest BCUT2D eigenvalue weighted by Gasteiger charge is -2.27. The lowest BCUT2D eigenvalue weighted by Crippen LogP contribution is -2.24. The van der Waals surface area contributed by atoms with Gasteiger partial charge < -0.3 is 9.84 Å². The standard InChI is InChI=1S/C23H28BrN3O5/c1-22(2,3)16-9-14(10-17(21(16)29)23(4,5)6)12-25-26-20(28)13-32-19-8-7-15(27(30)31)11-18(19)24/h7-12,29H,13H2,1-6H3,(H,26,28)/b25-12+. The first-order valence-corrected chi connectivity index (χ1v) is 10.8. The second-order valence-electron chi connectivity index (χ2n) is 9.42. The number of nitro groups is 1. The Bertz CT molecular complexity index is 1020. The van der Waals surface area contributed by atoms with Crippen LogP contribution in [0.15, 0.2) is 39.9 Å².